The summed E-state index contributed by atoms with van der Waals surface area (Å²) in [6.45, 7) is 3.75. The molecule has 27 heavy (non-hydrogen) atoms. The Morgan fingerprint density at radius 3 is 2.70 bits per heavy atom. The van der Waals surface area contributed by atoms with E-state index in [0.717, 1.165) is 15.0 Å². The number of hydrogen-bond acceptors (Lipinski definition) is 4. The first-order chi connectivity index (χ1) is 12.5. The number of nitrogens with one attached hydrogen (secondary N) is 2. The summed E-state index contributed by atoms with van der Waals surface area (Å²) in [5.74, 6) is 0.748. The molecule has 0 spiro atoms. The summed E-state index contributed by atoms with van der Waals surface area (Å²) in [6.07, 6.45) is 2.26. The van der Waals surface area contributed by atoms with Crippen LogP contribution in [0.4, 0.5) is 0 Å². The number of aromatic nitrogens is 1. The Bertz CT molecular complexity index is 768. The minimum absolute atomic E-state index is 0. The summed E-state index contributed by atoms with van der Waals surface area (Å²) in [4.78, 5) is 23.7. The zero-order chi connectivity index (χ0) is 18.9. The zero-order valence-electron chi connectivity index (χ0n) is 15.7. The van der Waals surface area contributed by atoms with Gasteiger partial charge in [-0.2, -0.15) is 0 Å². The molecule has 0 fully saturated rings. The molecule has 0 radical (unpaired) electrons. The van der Waals surface area contributed by atoms with Crippen LogP contribution in [0.25, 0.3) is 0 Å². The molecule has 2 N–H and O–H groups in total. The smallest absolute Gasteiger partial charge is 0.224 e. The van der Waals surface area contributed by atoms with Crippen molar-refractivity contribution in [1.82, 2.24) is 20.5 Å². The molecular formula is C18H25BrIN5OS. The Kier molecular flexibility index (Phi) is 10.9. The van der Waals surface area contributed by atoms with Gasteiger partial charge in [0.2, 0.25) is 5.91 Å². The number of aryl methyl sites for hydroxylation is 1. The van der Waals surface area contributed by atoms with E-state index < -0.39 is 0 Å². The number of thiazole rings is 1. The topological polar surface area (TPSA) is 69.6 Å². The molecule has 0 unspecified atom stereocenters. The average Bonchev–Trinajstić information content (AvgIpc) is 3.05. The lowest BCUT2D eigenvalue weighted by Crippen LogP contribution is -2.39. The second-order valence-corrected chi connectivity index (χ2v) is 7.98. The third kappa shape index (κ3) is 8.14. The monoisotopic (exact) mass is 565 g/mol. The molecule has 2 aromatic rings. The summed E-state index contributed by atoms with van der Waals surface area (Å²) >= 11 is 5.17. The van der Waals surface area contributed by atoms with Gasteiger partial charge < -0.3 is 15.5 Å². The van der Waals surface area contributed by atoms with Gasteiger partial charge in [-0.15, -0.1) is 35.3 Å². The van der Waals surface area contributed by atoms with Gasteiger partial charge in [0, 0.05) is 49.2 Å². The number of rotatable bonds is 7. The highest BCUT2D eigenvalue weighted by molar-refractivity contribution is 14.0. The average molecular weight is 566 g/mol. The van der Waals surface area contributed by atoms with Crippen LogP contribution in [0.3, 0.4) is 0 Å². The van der Waals surface area contributed by atoms with Crippen LogP contribution in [0, 0.1) is 6.92 Å². The Labute approximate surface area is 190 Å². The summed E-state index contributed by atoms with van der Waals surface area (Å²) in [5, 5.41) is 7.38. The van der Waals surface area contributed by atoms with Crippen LogP contribution >= 0.6 is 51.2 Å². The van der Waals surface area contributed by atoms with Crippen molar-refractivity contribution in [2.24, 2.45) is 4.99 Å². The zero-order valence-corrected chi connectivity index (χ0v) is 20.4. The first-order valence-corrected chi connectivity index (χ1v) is 9.93. The van der Waals surface area contributed by atoms with Gasteiger partial charge in [-0.1, -0.05) is 34.1 Å². The summed E-state index contributed by atoms with van der Waals surface area (Å²) in [7, 11) is 3.53. The number of carbonyl (C=O) groups excluding carboxylic acids is 1. The Hall–Kier alpha value is -1.20. The predicted molar refractivity (Wildman–Crippen MR) is 126 cm³/mol. The first-order valence-electron chi connectivity index (χ1n) is 8.32. The molecule has 0 saturated carbocycles. The van der Waals surface area contributed by atoms with E-state index in [1.54, 1.807) is 23.3 Å². The van der Waals surface area contributed by atoms with E-state index in [9.17, 15) is 4.79 Å². The molecule has 0 aliphatic carbocycles. The maximum atomic E-state index is 12.3. The summed E-state index contributed by atoms with van der Waals surface area (Å²) < 4.78 is 1.01. The van der Waals surface area contributed by atoms with Gasteiger partial charge in [0.15, 0.2) is 5.96 Å². The fourth-order valence-electron chi connectivity index (χ4n) is 2.31. The minimum Gasteiger partial charge on any atom is -0.356 e. The van der Waals surface area contributed by atoms with Crippen LogP contribution in [0.15, 0.2) is 39.9 Å². The number of aliphatic imine (C=N–C) groups is 1. The lowest BCUT2D eigenvalue weighted by molar-refractivity contribution is -0.130. The minimum atomic E-state index is 0. The van der Waals surface area contributed by atoms with Gasteiger partial charge in [0.1, 0.15) is 5.01 Å². The van der Waals surface area contributed by atoms with E-state index in [2.05, 4.69) is 36.5 Å². The number of carbonyl (C=O) groups is 1. The standard InChI is InChI=1S/C18H24BrN5OS.HI/c1-13-10-22-16(26-13)11-23-18(20-2)21-9-8-17(25)24(3)12-14-6-4-5-7-15(14)19;/h4-7,10H,8-9,11-12H2,1-3H3,(H2,20,21,23);1H. The lowest BCUT2D eigenvalue weighted by Gasteiger charge is -2.18. The van der Waals surface area contributed by atoms with E-state index in [1.807, 2.05) is 44.4 Å². The SMILES string of the molecule is CN=C(NCCC(=O)N(C)Cc1ccccc1Br)NCc1ncc(C)s1.I. The Morgan fingerprint density at radius 2 is 2.07 bits per heavy atom. The molecule has 1 heterocycles. The van der Waals surface area contributed by atoms with Gasteiger partial charge >= 0.3 is 0 Å². The van der Waals surface area contributed by atoms with Crippen LogP contribution in [0.5, 0.6) is 0 Å². The van der Waals surface area contributed by atoms with E-state index in [-0.39, 0.29) is 29.9 Å². The number of amides is 1. The largest absolute Gasteiger partial charge is 0.356 e. The molecular weight excluding hydrogens is 541 g/mol. The lowest BCUT2D eigenvalue weighted by atomic mass is 10.2. The van der Waals surface area contributed by atoms with Gasteiger partial charge in [-0.25, -0.2) is 4.98 Å². The number of benzene rings is 1. The van der Waals surface area contributed by atoms with Crippen molar-refractivity contribution in [3.05, 3.63) is 50.4 Å². The van der Waals surface area contributed by atoms with E-state index >= 15 is 0 Å². The molecule has 1 aromatic carbocycles. The molecule has 1 aromatic heterocycles. The van der Waals surface area contributed by atoms with Crippen LogP contribution in [-0.4, -0.2) is 42.4 Å². The van der Waals surface area contributed by atoms with Crippen molar-refractivity contribution in [3.63, 3.8) is 0 Å². The number of hydrogen-bond donors (Lipinski definition) is 2. The second kappa shape index (κ2) is 12.3. The maximum absolute atomic E-state index is 12.3. The Morgan fingerprint density at radius 1 is 1.33 bits per heavy atom. The van der Waals surface area contributed by atoms with E-state index in [1.165, 1.54) is 4.88 Å². The van der Waals surface area contributed by atoms with Crippen molar-refractivity contribution in [2.45, 2.75) is 26.4 Å². The second-order valence-electron chi connectivity index (χ2n) is 5.81. The van der Waals surface area contributed by atoms with Gasteiger partial charge in [-0.3, -0.25) is 9.79 Å². The van der Waals surface area contributed by atoms with Gasteiger partial charge in [-0.05, 0) is 18.6 Å². The predicted octanol–water partition coefficient (Wildman–Crippen LogP) is 3.55. The first kappa shape index (κ1) is 23.8. The molecule has 0 aliphatic heterocycles. The summed E-state index contributed by atoms with van der Waals surface area (Å²) in [5.41, 5.74) is 1.09. The molecule has 1 amide bonds. The molecule has 2 rings (SSSR count). The molecule has 148 valence electrons. The van der Waals surface area contributed by atoms with Crippen molar-refractivity contribution in [3.8, 4) is 0 Å². The van der Waals surface area contributed by atoms with Crippen molar-refractivity contribution in [1.29, 1.82) is 0 Å². The van der Waals surface area contributed by atoms with Crippen LogP contribution in [0.2, 0.25) is 0 Å². The van der Waals surface area contributed by atoms with Crippen molar-refractivity contribution < 1.29 is 4.79 Å². The molecule has 9 heteroatoms. The van der Waals surface area contributed by atoms with Crippen LogP contribution in [0.1, 0.15) is 21.9 Å². The molecule has 6 nitrogen and oxygen atoms in total. The van der Waals surface area contributed by atoms with E-state index in [4.69, 9.17) is 0 Å². The molecule has 0 aliphatic rings. The highest BCUT2D eigenvalue weighted by atomic mass is 127. The third-order valence-corrected chi connectivity index (χ3v) is 5.41. The van der Waals surface area contributed by atoms with Gasteiger partial charge in [0.25, 0.3) is 0 Å². The summed E-state index contributed by atoms with van der Waals surface area (Å²) in [6, 6.07) is 7.93. The van der Waals surface area contributed by atoms with Crippen molar-refractivity contribution >= 4 is 63.1 Å². The molecule has 0 bridgehead atoms. The highest BCUT2D eigenvalue weighted by Crippen LogP contribution is 2.17. The number of guanidine groups is 1. The fraction of sp³-hybridized carbons (Fsp3) is 0.389. The third-order valence-electron chi connectivity index (χ3n) is 3.72. The fourth-order valence-corrected chi connectivity index (χ4v) is 3.45. The van der Waals surface area contributed by atoms with Crippen LogP contribution in [-0.2, 0) is 17.9 Å². The van der Waals surface area contributed by atoms with Crippen LogP contribution < -0.4 is 10.6 Å². The van der Waals surface area contributed by atoms with Gasteiger partial charge in [0.05, 0.1) is 6.54 Å². The quantitative estimate of drug-likeness (QED) is 0.306. The number of halogens is 2. The number of nitrogens with zero attached hydrogens (tertiary/aromatic N) is 3. The Balaban J connectivity index is 0.00000364. The molecule has 0 saturated heterocycles. The molecule has 0 atom stereocenters. The van der Waals surface area contributed by atoms with Crippen molar-refractivity contribution in [2.75, 3.05) is 20.6 Å². The maximum Gasteiger partial charge on any atom is 0.224 e. The normalized spacial score (nSPS) is 10.9. The van der Waals surface area contributed by atoms with E-state index in [0.29, 0.717) is 32.0 Å². The highest BCUT2D eigenvalue weighted by Gasteiger charge is 2.11.